The summed E-state index contributed by atoms with van der Waals surface area (Å²) in [5.41, 5.74) is 1.56. The fraction of sp³-hybridized carbons (Fsp3) is 0.556. The maximum Gasteiger partial charge on any atom is 0.338 e. The highest BCUT2D eigenvalue weighted by Crippen LogP contribution is 2.53. The van der Waals surface area contributed by atoms with Gasteiger partial charge in [-0.3, -0.25) is 0 Å². The summed E-state index contributed by atoms with van der Waals surface area (Å²) in [4.78, 5) is 26.2. The second-order valence-corrected chi connectivity index (χ2v) is 11.1. The summed E-state index contributed by atoms with van der Waals surface area (Å²) in [5.74, 6) is 0.0851. The average molecular weight is 501 g/mol. The highest BCUT2D eigenvalue weighted by atomic mass is 79.9. The van der Waals surface area contributed by atoms with E-state index in [1.54, 1.807) is 12.1 Å². The van der Waals surface area contributed by atoms with Gasteiger partial charge in [0.25, 0.3) is 0 Å². The first-order valence-corrected chi connectivity index (χ1v) is 12.5. The first-order valence-electron chi connectivity index (χ1n) is 11.7. The minimum absolute atomic E-state index is 0.0392. The van der Waals surface area contributed by atoms with Crippen molar-refractivity contribution in [2.24, 2.45) is 17.3 Å². The van der Waals surface area contributed by atoms with Gasteiger partial charge < -0.3 is 9.47 Å². The number of ether oxygens (including phenoxy) is 2. The van der Waals surface area contributed by atoms with Crippen molar-refractivity contribution in [1.82, 2.24) is 0 Å². The average Bonchev–Trinajstić information content (AvgIpc) is 2.90. The van der Waals surface area contributed by atoms with Crippen molar-refractivity contribution in [1.29, 1.82) is 0 Å². The molecule has 1 saturated heterocycles. The molecular weight excluding hydrogens is 468 g/mol. The molecule has 0 aromatic heterocycles. The highest BCUT2D eigenvalue weighted by Gasteiger charge is 2.48. The number of carbonyl (C=O) groups is 2. The van der Waals surface area contributed by atoms with Gasteiger partial charge in [0.05, 0.1) is 5.56 Å². The first kappa shape index (κ1) is 23.3. The number of hydrogen-bond donors (Lipinski definition) is 0. The van der Waals surface area contributed by atoms with Gasteiger partial charge in [0.15, 0.2) is 0 Å². The van der Waals surface area contributed by atoms with E-state index in [9.17, 15) is 9.59 Å². The molecular formula is C27H33BrO4. The van der Waals surface area contributed by atoms with Crippen LogP contribution in [0.25, 0.3) is 0 Å². The number of carbonyl (C=O) groups excluding carboxylic acids is 2. The summed E-state index contributed by atoms with van der Waals surface area (Å²) < 4.78 is 13.1. The molecule has 0 radical (unpaired) electrons. The van der Waals surface area contributed by atoms with Crippen LogP contribution >= 0.6 is 15.9 Å². The molecule has 0 spiro atoms. The molecule has 0 unspecified atom stereocenters. The fourth-order valence-electron chi connectivity index (χ4n) is 5.63. The zero-order valence-electron chi connectivity index (χ0n) is 19.3. The van der Waals surface area contributed by atoms with E-state index in [1.807, 2.05) is 25.1 Å². The van der Waals surface area contributed by atoms with E-state index in [1.165, 1.54) is 5.57 Å². The van der Waals surface area contributed by atoms with Gasteiger partial charge >= 0.3 is 11.9 Å². The molecule has 0 N–H and O–H groups in total. The lowest BCUT2D eigenvalue weighted by Gasteiger charge is -2.47. The van der Waals surface area contributed by atoms with Crippen molar-refractivity contribution in [3.63, 3.8) is 0 Å². The predicted molar refractivity (Wildman–Crippen MR) is 128 cm³/mol. The van der Waals surface area contributed by atoms with Gasteiger partial charge in [0.2, 0.25) is 0 Å². The summed E-state index contributed by atoms with van der Waals surface area (Å²) in [6.45, 7) is 11.1. The van der Waals surface area contributed by atoms with Crippen LogP contribution in [0.2, 0.25) is 0 Å². The molecule has 3 aliphatic rings. The molecule has 4 bridgehead atoms. The van der Waals surface area contributed by atoms with Crippen LogP contribution in [0.4, 0.5) is 0 Å². The van der Waals surface area contributed by atoms with Crippen LogP contribution in [0.5, 0.6) is 0 Å². The van der Waals surface area contributed by atoms with Crippen LogP contribution in [0, 0.1) is 17.3 Å². The number of halogens is 1. The fourth-order valence-corrected chi connectivity index (χ4v) is 5.89. The first-order chi connectivity index (χ1) is 15.1. The number of benzene rings is 1. The Balaban J connectivity index is 1.70. The molecule has 1 saturated carbocycles. The molecule has 32 heavy (non-hydrogen) atoms. The topological polar surface area (TPSA) is 52.6 Å². The lowest BCUT2D eigenvalue weighted by molar-refractivity contribution is -0.168. The molecule has 5 atom stereocenters. The van der Waals surface area contributed by atoms with E-state index in [0.29, 0.717) is 30.7 Å². The van der Waals surface area contributed by atoms with Crippen LogP contribution in [-0.4, -0.2) is 23.6 Å². The highest BCUT2D eigenvalue weighted by molar-refractivity contribution is 9.10. The Morgan fingerprint density at radius 2 is 1.91 bits per heavy atom. The molecule has 1 aromatic rings. The van der Waals surface area contributed by atoms with Crippen molar-refractivity contribution < 1.29 is 19.1 Å². The molecule has 2 aliphatic heterocycles. The van der Waals surface area contributed by atoms with Gasteiger partial charge in [0.1, 0.15) is 11.7 Å². The van der Waals surface area contributed by atoms with Crippen molar-refractivity contribution in [2.45, 2.75) is 77.4 Å². The zero-order valence-corrected chi connectivity index (χ0v) is 20.9. The normalized spacial score (nSPS) is 35.2. The maximum atomic E-state index is 13.1. The maximum absolute atomic E-state index is 13.1. The number of allylic oxidation sites excluding steroid dienone is 2. The Morgan fingerprint density at radius 3 is 2.62 bits per heavy atom. The van der Waals surface area contributed by atoms with E-state index in [-0.39, 0.29) is 23.3 Å². The minimum atomic E-state index is -0.871. The van der Waals surface area contributed by atoms with Crippen molar-refractivity contribution in [3.05, 3.63) is 58.1 Å². The Hall–Kier alpha value is -1.88. The molecule has 2 heterocycles. The van der Waals surface area contributed by atoms with E-state index in [0.717, 1.165) is 35.7 Å². The van der Waals surface area contributed by atoms with Crippen LogP contribution in [0.3, 0.4) is 0 Å². The van der Waals surface area contributed by atoms with Gasteiger partial charge in [-0.05, 0) is 93.4 Å². The van der Waals surface area contributed by atoms with Crippen molar-refractivity contribution >= 4 is 27.9 Å². The third kappa shape index (κ3) is 4.33. The minimum Gasteiger partial charge on any atom is -0.455 e. The Bertz CT molecular complexity index is 949. The number of esters is 2. The summed E-state index contributed by atoms with van der Waals surface area (Å²) in [6.07, 6.45) is 7.22. The third-order valence-electron chi connectivity index (χ3n) is 8.30. The van der Waals surface area contributed by atoms with Crippen LogP contribution in [0.1, 0.15) is 76.1 Å². The largest absolute Gasteiger partial charge is 0.455 e. The second-order valence-electron chi connectivity index (χ2n) is 10.2. The summed E-state index contributed by atoms with van der Waals surface area (Å²) >= 11 is 3.41. The van der Waals surface area contributed by atoms with E-state index in [4.69, 9.17) is 9.47 Å². The van der Waals surface area contributed by atoms with E-state index in [2.05, 4.69) is 36.4 Å². The Morgan fingerprint density at radius 1 is 1.19 bits per heavy atom. The van der Waals surface area contributed by atoms with Gasteiger partial charge in [-0.2, -0.15) is 0 Å². The molecule has 5 heteroatoms. The molecule has 2 fully saturated rings. The predicted octanol–water partition coefficient (Wildman–Crippen LogP) is 6.79. The van der Waals surface area contributed by atoms with Crippen LogP contribution in [0.15, 0.2) is 52.5 Å². The Labute approximate surface area is 199 Å². The lowest BCUT2D eigenvalue weighted by Crippen LogP contribution is -2.47. The van der Waals surface area contributed by atoms with Gasteiger partial charge in [-0.1, -0.05) is 48.0 Å². The number of fused-ring (bicyclic) bond motifs is 5. The van der Waals surface area contributed by atoms with Crippen molar-refractivity contribution in [3.8, 4) is 0 Å². The van der Waals surface area contributed by atoms with E-state index < -0.39 is 11.7 Å². The monoisotopic (exact) mass is 500 g/mol. The molecule has 4 nitrogen and oxygen atoms in total. The zero-order chi connectivity index (χ0) is 23.1. The summed E-state index contributed by atoms with van der Waals surface area (Å²) in [6, 6.07) is 7.15. The van der Waals surface area contributed by atoms with Gasteiger partial charge in [0, 0.05) is 10.0 Å². The standard InChI is InChI=1S/C27H33BrO4/c1-17-7-8-21-16-23(31-24(29)20-9-11-22(28)12-10-20)27(4)14-5-6-19(25(30)32-27)13-15-26(17,3)18(21)2/h6,9-12,17,21,23H,2,5,7-8,13-16H2,1,3-4H3/t17-,21+,23-,26+,27+/m0/s1. The quantitative estimate of drug-likeness (QED) is 0.331. The molecule has 1 aromatic carbocycles. The number of hydrogen-bond acceptors (Lipinski definition) is 4. The summed E-state index contributed by atoms with van der Waals surface area (Å²) in [7, 11) is 0. The van der Waals surface area contributed by atoms with Crippen molar-refractivity contribution in [2.75, 3.05) is 0 Å². The third-order valence-corrected chi connectivity index (χ3v) is 8.83. The smallest absolute Gasteiger partial charge is 0.338 e. The molecule has 1 aliphatic carbocycles. The van der Waals surface area contributed by atoms with Gasteiger partial charge in [-0.15, -0.1) is 0 Å². The molecule has 4 rings (SSSR count). The van der Waals surface area contributed by atoms with Crippen LogP contribution in [-0.2, 0) is 14.3 Å². The Kier molecular flexibility index (Phi) is 6.41. The molecule has 172 valence electrons. The van der Waals surface area contributed by atoms with Crippen LogP contribution < -0.4 is 0 Å². The SMILES string of the molecule is C=C1[C@@H]2CC[C@H](C)[C@@]1(C)CCC1=CCC[C@@](C)(OC1=O)[C@@H](OC(=O)c1ccc(Br)cc1)C2. The number of rotatable bonds is 2. The van der Waals surface area contributed by atoms with Gasteiger partial charge in [-0.25, -0.2) is 9.59 Å². The van der Waals surface area contributed by atoms with E-state index >= 15 is 0 Å². The summed E-state index contributed by atoms with van der Waals surface area (Å²) in [5, 5.41) is 0. The second kappa shape index (κ2) is 8.81. The molecule has 0 amide bonds. The lowest BCUT2D eigenvalue weighted by atomic mass is 9.58.